The molecule has 0 aromatic heterocycles. The normalized spacial score (nSPS) is 10.7. The molecule has 0 rings (SSSR count). The molecule has 1 amide bonds. The monoisotopic (exact) mass is 242 g/mol. The van der Waals surface area contributed by atoms with Gasteiger partial charge in [-0.1, -0.05) is 5.92 Å². The minimum Gasteiger partial charge on any atom is -0.444 e. The minimum absolute atomic E-state index is 0.331. The fourth-order valence-electron chi connectivity index (χ4n) is 0.968. The fourth-order valence-corrected chi connectivity index (χ4v) is 0.968. The molecule has 0 spiro atoms. The van der Waals surface area contributed by atoms with E-state index >= 15 is 0 Å². The Kier molecular flexibility index (Phi) is 8.20. The lowest BCUT2D eigenvalue weighted by molar-refractivity contribution is 0.0528. The lowest BCUT2D eigenvalue weighted by Crippen LogP contribution is -2.37. The van der Waals surface area contributed by atoms with E-state index in [1.54, 1.807) is 0 Å². The van der Waals surface area contributed by atoms with Gasteiger partial charge < -0.3 is 20.1 Å². The average molecular weight is 242 g/mol. The van der Waals surface area contributed by atoms with Crippen molar-refractivity contribution in [3.63, 3.8) is 0 Å². The lowest BCUT2D eigenvalue weighted by atomic mass is 10.2. The second-order valence-corrected chi connectivity index (χ2v) is 4.44. The number of alkyl carbamates (subject to hydrolysis) is 1. The van der Waals surface area contributed by atoms with Crippen molar-refractivity contribution in [1.82, 2.24) is 10.6 Å². The third-order valence-corrected chi connectivity index (χ3v) is 1.58. The van der Waals surface area contributed by atoms with E-state index in [0.717, 1.165) is 0 Å². The standard InChI is InChI=1S/C12H22N2O3/c1-5-9-16-10-8-13-6-7-14-11(15)17-12(2,3)4/h1,13H,6-10H2,2-4H3,(H,14,15). The summed E-state index contributed by atoms with van der Waals surface area (Å²) < 4.78 is 10.1. The van der Waals surface area contributed by atoms with Crippen LogP contribution in [0.25, 0.3) is 0 Å². The molecule has 5 heteroatoms. The van der Waals surface area contributed by atoms with Crippen molar-refractivity contribution in [1.29, 1.82) is 0 Å². The van der Waals surface area contributed by atoms with Gasteiger partial charge in [-0.3, -0.25) is 0 Å². The maximum Gasteiger partial charge on any atom is 0.407 e. The highest BCUT2D eigenvalue weighted by atomic mass is 16.6. The highest BCUT2D eigenvalue weighted by Gasteiger charge is 2.15. The van der Waals surface area contributed by atoms with Crippen molar-refractivity contribution < 1.29 is 14.3 Å². The molecule has 0 aromatic carbocycles. The zero-order valence-electron chi connectivity index (χ0n) is 10.8. The molecule has 0 atom stereocenters. The molecule has 0 aliphatic rings. The zero-order chi connectivity index (χ0) is 13.1. The van der Waals surface area contributed by atoms with Crippen molar-refractivity contribution >= 4 is 6.09 Å². The van der Waals surface area contributed by atoms with Crippen molar-refractivity contribution in [3.05, 3.63) is 0 Å². The first-order chi connectivity index (χ1) is 7.95. The SMILES string of the molecule is C#CCOCCNCCNC(=O)OC(C)(C)C. The first-order valence-corrected chi connectivity index (χ1v) is 5.64. The van der Waals surface area contributed by atoms with Crippen LogP contribution in [0.5, 0.6) is 0 Å². The molecule has 0 fully saturated rings. The molecule has 0 aliphatic heterocycles. The first kappa shape index (κ1) is 15.8. The molecule has 2 N–H and O–H groups in total. The molecule has 98 valence electrons. The van der Waals surface area contributed by atoms with Crippen LogP contribution < -0.4 is 10.6 Å². The smallest absolute Gasteiger partial charge is 0.407 e. The van der Waals surface area contributed by atoms with Crippen molar-refractivity contribution in [2.75, 3.05) is 32.8 Å². The molecular formula is C12H22N2O3. The highest BCUT2D eigenvalue weighted by Crippen LogP contribution is 2.05. The van der Waals surface area contributed by atoms with E-state index < -0.39 is 11.7 Å². The number of ether oxygens (including phenoxy) is 2. The van der Waals surface area contributed by atoms with Gasteiger partial charge in [0.25, 0.3) is 0 Å². The maximum absolute atomic E-state index is 11.2. The van der Waals surface area contributed by atoms with Crippen molar-refractivity contribution in [2.24, 2.45) is 0 Å². The molecule has 0 aliphatic carbocycles. The Hall–Kier alpha value is -1.25. The van der Waals surface area contributed by atoms with Gasteiger partial charge in [0, 0.05) is 19.6 Å². The van der Waals surface area contributed by atoms with Gasteiger partial charge in [-0.15, -0.1) is 6.42 Å². The van der Waals surface area contributed by atoms with E-state index in [1.807, 2.05) is 20.8 Å². The fraction of sp³-hybridized carbons (Fsp3) is 0.750. The molecule has 0 unspecified atom stereocenters. The van der Waals surface area contributed by atoms with Crippen LogP contribution in [0.15, 0.2) is 0 Å². The van der Waals surface area contributed by atoms with E-state index in [0.29, 0.717) is 32.8 Å². The van der Waals surface area contributed by atoms with Gasteiger partial charge in [-0.2, -0.15) is 0 Å². The van der Waals surface area contributed by atoms with Gasteiger partial charge in [0.15, 0.2) is 0 Å². The summed E-state index contributed by atoms with van der Waals surface area (Å²) in [6.45, 7) is 8.27. The lowest BCUT2D eigenvalue weighted by Gasteiger charge is -2.19. The van der Waals surface area contributed by atoms with Crippen LogP contribution in [0.1, 0.15) is 20.8 Å². The quantitative estimate of drug-likeness (QED) is 0.511. The Morgan fingerprint density at radius 3 is 2.59 bits per heavy atom. The molecule has 0 saturated heterocycles. The summed E-state index contributed by atoms with van der Waals surface area (Å²) in [6.07, 6.45) is 4.62. The predicted octanol–water partition coefficient (Wildman–Crippen LogP) is 0.750. The van der Waals surface area contributed by atoms with Gasteiger partial charge in [0.05, 0.1) is 6.61 Å². The minimum atomic E-state index is -0.458. The number of carbonyl (C=O) groups is 1. The molecule has 0 heterocycles. The largest absolute Gasteiger partial charge is 0.444 e. The number of hydrogen-bond donors (Lipinski definition) is 2. The summed E-state index contributed by atoms with van der Waals surface area (Å²) in [5, 5.41) is 5.74. The third-order valence-electron chi connectivity index (χ3n) is 1.58. The van der Waals surface area contributed by atoms with Crippen molar-refractivity contribution in [2.45, 2.75) is 26.4 Å². The summed E-state index contributed by atoms with van der Waals surface area (Å²) >= 11 is 0. The molecule has 5 nitrogen and oxygen atoms in total. The van der Waals surface area contributed by atoms with E-state index in [2.05, 4.69) is 16.6 Å². The van der Waals surface area contributed by atoms with E-state index in [1.165, 1.54) is 0 Å². The van der Waals surface area contributed by atoms with E-state index in [-0.39, 0.29) is 0 Å². The Labute approximate surface area is 103 Å². The second-order valence-electron chi connectivity index (χ2n) is 4.44. The Morgan fingerprint density at radius 1 is 1.29 bits per heavy atom. The molecule has 17 heavy (non-hydrogen) atoms. The molecule has 0 aromatic rings. The Balaban J connectivity index is 3.29. The summed E-state index contributed by atoms with van der Waals surface area (Å²) in [4.78, 5) is 11.2. The van der Waals surface area contributed by atoms with Gasteiger partial charge >= 0.3 is 6.09 Å². The third kappa shape index (κ3) is 12.7. The average Bonchev–Trinajstić information content (AvgIpc) is 2.19. The number of nitrogens with one attached hydrogen (secondary N) is 2. The molecule has 0 bridgehead atoms. The number of hydrogen-bond acceptors (Lipinski definition) is 4. The number of amides is 1. The molecule has 0 saturated carbocycles. The summed E-state index contributed by atoms with van der Waals surface area (Å²) in [7, 11) is 0. The van der Waals surface area contributed by atoms with Crippen LogP contribution in [-0.2, 0) is 9.47 Å². The van der Waals surface area contributed by atoms with Crippen molar-refractivity contribution in [3.8, 4) is 12.3 Å². The summed E-state index contributed by atoms with van der Waals surface area (Å²) in [5.74, 6) is 2.38. The second kappa shape index (κ2) is 8.85. The summed E-state index contributed by atoms with van der Waals surface area (Å²) in [5.41, 5.74) is -0.458. The van der Waals surface area contributed by atoms with Gasteiger partial charge in [-0.25, -0.2) is 4.79 Å². The van der Waals surface area contributed by atoms with E-state index in [4.69, 9.17) is 15.9 Å². The van der Waals surface area contributed by atoms with Crippen LogP contribution in [0.4, 0.5) is 4.79 Å². The van der Waals surface area contributed by atoms with Crippen LogP contribution >= 0.6 is 0 Å². The summed E-state index contributed by atoms with van der Waals surface area (Å²) in [6, 6.07) is 0. The maximum atomic E-state index is 11.2. The Morgan fingerprint density at radius 2 is 2.00 bits per heavy atom. The molecular weight excluding hydrogens is 220 g/mol. The number of terminal acetylenes is 1. The van der Waals surface area contributed by atoms with Gasteiger partial charge in [-0.05, 0) is 20.8 Å². The number of rotatable bonds is 7. The zero-order valence-corrected chi connectivity index (χ0v) is 10.8. The number of carbonyl (C=O) groups excluding carboxylic acids is 1. The van der Waals surface area contributed by atoms with E-state index in [9.17, 15) is 4.79 Å². The van der Waals surface area contributed by atoms with Crippen LogP contribution in [0.2, 0.25) is 0 Å². The topological polar surface area (TPSA) is 59.6 Å². The van der Waals surface area contributed by atoms with Crippen LogP contribution in [0, 0.1) is 12.3 Å². The predicted molar refractivity (Wildman–Crippen MR) is 66.8 cm³/mol. The highest BCUT2D eigenvalue weighted by molar-refractivity contribution is 5.67. The van der Waals surface area contributed by atoms with Crippen LogP contribution in [0.3, 0.4) is 0 Å². The van der Waals surface area contributed by atoms with Gasteiger partial charge in [0.1, 0.15) is 12.2 Å². The molecule has 0 radical (unpaired) electrons. The van der Waals surface area contributed by atoms with Crippen LogP contribution in [-0.4, -0.2) is 44.5 Å². The van der Waals surface area contributed by atoms with Gasteiger partial charge in [0.2, 0.25) is 0 Å². The Bertz CT molecular complexity index is 253. The first-order valence-electron chi connectivity index (χ1n) is 5.64.